The first-order chi connectivity index (χ1) is 11.1. The van der Waals surface area contributed by atoms with Crippen molar-refractivity contribution < 1.29 is 9.53 Å². The van der Waals surface area contributed by atoms with Crippen LogP contribution in [0.1, 0.15) is 11.1 Å². The van der Waals surface area contributed by atoms with Gasteiger partial charge in [-0.1, -0.05) is 18.2 Å². The fourth-order valence-electron chi connectivity index (χ4n) is 2.31. The van der Waals surface area contributed by atoms with E-state index >= 15 is 0 Å². The predicted octanol–water partition coefficient (Wildman–Crippen LogP) is 2.78. The lowest BCUT2D eigenvalue weighted by Gasteiger charge is -2.10. The molecular weight excluding hydrogens is 294 g/mol. The Labute approximate surface area is 132 Å². The molecule has 7 nitrogen and oxygen atoms in total. The monoisotopic (exact) mass is 307 g/mol. The molecule has 7 heteroatoms. The van der Waals surface area contributed by atoms with Gasteiger partial charge in [0.2, 0.25) is 0 Å². The van der Waals surface area contributed by atoms with Gasteiger partial charge in [-0.25, -0.2) is 9.78 Å². The Bertz CT molecular complexity index is 939. The number of pyridine rings is 1. The van der Waals surface area contributed by atoms with E-state index in [1.54, 1.807) is 0 Å². The fraction of sp³-hybridized carbons (Fsp3) is 0.125. The van der Waals surface area contributed by atoms with Gasteiger partial charge in [-0.05, 0) is 24.6 Å². The first-order valence-corrected chi connectivity index (χ1v) is 6.84. The van der Waals surface area contributed by atoms with Gasteiger partial charge in [0.15, 0.2) is 11.6 Å². The number of rotatable bonds is 2. The van der Waals surface area contributed by atoms with E-state index < -0.39 is 6.09 Å². The highest BCUT2D eigenvalue weighted by molar-refractivity contribution is 5.86. The quantitative estimate of drug-likeness (QED) is 0.785. The van der Waals surface area contributed by atoms with Crippen LogP contribution in [0.5, 0.6) is 0 Å². The van der Waals surface area contributed by atoms with Crippen molar-refractivity contribution in [1.82, 2.24) is 14.8 Å². The number of ether oxygens (including phenoxy) is 1. The summed E-state index contributed by atoms with van der Waals surface area (Å²) < 4.78 is 6.00. The highest BCUT2D eigenvalue weighted by atomic mass is 16.5. The molecule has 0 aliphatic carbocycles. The zero-order valence-corrected chi connectivity index (χ0v) is 12.6. The summed E-state index contributed by atoms with van der Waals surface area (Å²) in [5, 5.41) is 16.9. The molecule has 0 saturated heterocycles. The van der Waals surface area contributed by atoms with Gasteiger partial charge in [0.25, 0.3) is 0 Å². The van der Waals surface area contributed by atoms with Crippen LogP contribution in [0.2, 0.25) is 0 Å². The number of carbonyl (C=O) groups is 1. The van der Waals surface area contributed by atoms with E-state index in [1.165, 1.54) is 18.0 Å². The summed E-state index contributed by atoms with van der Waals surface area (Å²) in [6.07, 6.45) is 0.693. The van der Waals surface area contributed by atoms with Crippen molar-refractivity contribution in [1.29, 1.82) is 5.26 Å². The largest absolute Gasteiger partial charge is 0.453 e. The number of para-hydroxylation sites is 1. The number of nitriles is 1. The van der Waals surface area contributed by atoms with Gasteiger partial charge >= 0.3 is 6.09 Å². The summed E-state index contributed by atoms with van der Waals surface area (Å²) in [6.45, 7) is 1.97. The van der Waals surface area contributed by atoms with E-state index in [2.05, 4.69) is 20.1 Å². The molecular formula is C16H13N5O2. The number of carbonyl (C=O) groups excluding carboxylic acids is 1. The molecule has 3 aromatic rings. The smallest absolute Gasteiger partial charge is 0.412 e. The van der Waals surface area contributed by atoms with Crippen molar-refractivity contribution in [2.75, 3.05) is 12.4 Å². The lowest BCUT2D eigenvalue weighted by Crippen LogP contribution is -2.16. The molecule has 1 amide bonds. The third-order valence-corrected chi connectivity index (χ3v) is 3.42. The second-order valence-corrected chi connectivity index (χ2v) is 4.86. The fourth-order valence-corrected chi connectivity index (χ4v) is 2.31. The van der Waals surface area contributed by atoms with Crippen LogP contribution in [-0.2, 0) is 4.74 Å². The SMILES string of the molecule is COC(=O)Nc1c(C#N)cnn1-c1cc(C)c2ccccc2n1. The topological polar surface area (TPSA) is 92.8 Å². The van der Waals surface area contributed by atoms with Crippen molar-refractivity contribution in [3.8, 4) is 11.9 Å². The molecule has 0 radical (unpaired) electrons. The van der Waals surface area contributed by atoms with Gasteiger partial charge in [0, 0.05) is 5.39 Å². The number of methoxy groups -OCH3 is 1. The molecule has 3 rings (SSSR count). The van der Waals surface area contributed by atoms with Crippen LogP contribution in [0.4, 0.5) is 10.6 Å². The minimum atomic E-state index is -0.680. The summed E-state index contributed by atoms with van der Waals surface area (Å²) in [5.74, 6) is 0.732. The number of aryl methyl sites for hydroxylation is 1. The van der Waals surface area contributed by atoms with Crippen LogP contribution in [0.15, 0.2) is 36.5 Å². The number of hydrogen-bond acceptors (Lipinski definition) is 5. The summed E-state index contributed by atoms with van der Waals surface area (Å²) >= 11 is 0. The number of anilines is 1. The number of fused-ring (bicyclic) bond motifs is 1. The van der Waals surface area contributed by atoms with Crippen LogP contribution in [0, 0.1) is 18.3 Å². The van der Waals surface area contributed by atoms with Crippen molar-refractivity contribution in [3.05, 3.63) is 47.7 Å². The minimum Gasteiger partial charge on any atom is -0.453 e. The number of nitrogens with zero attached hydrogens (tertiary/aromatic N) is 4. The molecule has 0 atom stereocenters. The Morgan fingerprint density at radius 1 is 1.39 bits per heavy atom. The van der Waals surface area contributed by atoms with Gasteiger partial charge in [0.05, 0.1) is 18.8 Å². The summed E-state index contributed by atoms with van der Waals surface area (Å²) in [7, 11) is 1.25. The van der Waals surface area contributed by atoms with Crippen LogP contribution in [-0.4, -0.2) is 28.0 Å². The molecule has 2 aromatic heterocycles. The molecule has 2 heterocycles. The van der Waals surface area contributed by atoms with Crippen LogP contribution in [0.25, 0.3) is 16.7 Å². The molecule has 0 bridgehead atoms. The lowest BCUT2D eigenvalue weighted by molar-refractivity contribution is 0.186. The standard InChI is InChI=1S/C16H13N5O2/c1-10-7-14(19-13-6-4-3-5-12(10)13)21-15(20-16(22)23-2)11(8-17)9-18-21/h3-7,9H,1-2H3,(H,20,22). The molecule has 0 aliphatic rings. The van der Waals surface area contributed by atoms with Crippen LogP contribution >= 0.6 is 0 Å². The average molecular weight is 307 g/mol. The minimum absolute atomic E-state index is 0.224. The average Bonchev–Trinajstić information content (AvgIpc) is 2.97. The predicted molar refractivity (Wildman–Crippen MR) is 84.3 cm³/mol. The molecule has 23 heavy (non-hydrogen) atoms. The van der Waals surface area contributed by atoms with Crippen molar-refractivity contribution >= 4 is 22.8 Å². The maximum absolute atomic E-state index is 11.5. The maximum Gasteiger partial charge on any atom is 0.412 e. The third-order valence-electron chi connectivity index (χ3n) is 3.42. The molecule has 0 aliphatic heterocycles. The Morgan fingerprint density at radius 2 is 2.17 bits per heavy atom. The second kappa shape index (κ2) is 5.77. The number of aromatic nitrogens is 3. The Hall–Kier alpha value is -3.40. The highest BCUT2D eigenvalue weighted by Gasteiger charge is 2.16. The summed E-state index contributed by atoms with van der Waals surface area (Å²) in [5.41, 5.74) is 2.05. The highest BCUT2D eigenvalue weighted by Crippen LogP contribution is 2.23. The second-order valence-electron chi connectivity index (χ2n) is 4.86. The van der Waals surface area contributed by atoms with Crippen LogP contribution < -0.4 is 5.32 Å². The molecule has 0 unspecified atom stereocenters. The van der Waals surface area contributed by atoms with E-state index in [1.807, 2.05) is 43.3 Å². The van der Waals surface area contributed by atoms with Gasteiger partial charge < -0.3 is 4.74 Å². The van der Waals surface area contributed by atoms with Crippen molar-refractivity contribution in [2.24, 2.45) is 0 Å². The van der Waals surface area contributed by atoms with Gasteiger partial charge in [-0.15, -0.1) is 0 Å². The van der Waals surface area contributed by atoms with E-state index in [4.69, 9.17) is 0 Å². The number of hydrogen-bond donors (Lipinski definition) is 1. The Kier molecular flexibility index (Phi) is 3.65. The number of amides is 1. The van der Waals surface area contributed by atoms with Crippen LogP contribution in [0.3, 0.4) is 0 Å². The molecule has 0 spiro atoms. The van der Waals surface area contributed by atoms with Gasteiger partial charge in [-0.3, -0.25) is 5.32 Å². The van der Waals surface area contributed by atoms with E-state index in [0.717, 1.165) is 16.5 Å². The Balaban J connectivity index is 2.17. The first kappa shape index (κ1) is 14.5. The summed E-state index contributed by atoms with van der Waals surface area (Å²) in [4.78, 5) is 16.1. The van der Waals surface area contributed by atoms with Gasteiger partial charge in [-0.2, -0.15) is 15.0 Å². The number of nitrogens with one attached hydrogen (secondary N) is 1. The van der Waals surface area contributed by atoms with E-state index in [0.29, 0.717) is 5.82 Å². The number of benzene rings is 1. The molecule has 1 N–H and O–H groups in total. The first-order valence-electron chi connectivity index (χ1n) is 6.84. The van der Waals surface area contributed by atoms with Crippen molar-refractivity contribution in [2.45, 2.75) is 6.92 Å². The summed E-state index contributed by atoms with van der Waals surface area (Å²) in [6, 6.07) is 11.6. The lowest BCUT2D eigenvalue weighted by atomic mass is 10.1. The normalized spacial score (nSPS) is 10.3. The molecule has 0 saturated carbocycles. The Morgan fingerprint density at radius 3 is 2.91 bits per heavy atom. The van der Waals surface area contributed by atoms with Gasteiger partial charge in [0.1, 0.15) is 11.6 Å². The third kappa shape index (κ3) is 2.58. The molecule has 0 fully saturated rings. The zero-order valence-electron chi connectivity index (χ0n) is 12.6. The zero-order chi connectivity index (χ0) is 16.4. The maximum atomic E-state index is 11.5. The van der Waals surface area contributed by atoms with E-state index in [-0.39, 0.29) is 11.4 Å². The molecule has 1 aromatic carbocycles. The van der Waals surface area contributed by atoms with Crippen molar-refractivity contribution in [3.63, 3.8) is 0 Å². The molecule has 114 valence electrons. The van der Waals surface area contributed by atoms with E-state index in [9.17, 15) is 10.1 Å².